The number of ether oxygens (including phenoxy) is 1. The van der Waals surface area contributed by atoms with Crippen LogP contribution in [0.4, 0.5) is 0 Å². The third kappa shape index (κ3) is 6.45. The number of likely N-dealkylation sites (tertiary alicyclic amines) is 1. The van der Waals surface area contributed by atoms with Gasteiger partial charge in [-0.15, -0.1) is 0 Å². The van der Waals surface area contributed by atoms with Gasteiger partial charge in [-0.05, 0) is 44.9 Å². The number of nitrogens with zero attached hydrogens (tertiary/aromatic N) is 2. The summed E-state index contributed by atoms with van der Waals surface area (Å²) >= 11 is 0. The highest BCUT2D eigenvalue weighted by Crippen LogP contribution is 2.20. The van der Waals surface area contributed by atoms with Crippen molar-refractivity contribution >= 4 is 17.7 Å². The van der Waals surface area contributed by atoms with Gasteiger partial charge in [0.05, 0.1) is 18.7 Å². The molecule has 2 heterocycles. The molecular weight excluding hydrogens is 384 g/mol. The van der Waals surface area contributed by atoms with E-state index in [0.29, 0.717) is 63.5 Å². The van der Waals surface area contributed by atoms with E-state index in [4.69, 9.17) is 4.74 Å². The molecule has 164 valence electrons. The molecule has 3 amide bonds. The maximum Gasteiger partial charge on any atom is 0.255 e. The van der Waals surface area contributed by atoms with Gasteiger partial charge >= 0.3 is 0 Å². The largest absolute Gasteiger partial charge is 0.491 e. The average molecular weight is 417 g/mol. The first-order chi connectivity index (χ1) is 14.5. The van der Waals surface area contributed by atoms with Gasteiger partial charge in [-0.2, -0.15) is 0 Å². The van der Waals surface area contributed by atoms with Crippen LogP contribution in [0.25, 0.3) is 0 Å². The summed E-state index contributed by atoms with van der Waals surface area (Å²) < 4.78 is 5.73. The first-order valence-electron chi connectivity index (χ1n) is 10.8. The van der Waals surface area contributed by atoms with Crippen LogP contribution in [0.2, 0.25) is 0 Å². The second kappa shape index (κ2) is 11.0. The lowest BCUT2D eigenvalue weighted by Crippen LogP contribution is -2.42. The van der Waals surface area contributed by atoms with Crippen LogP contribution in [0.5, 0.6) is 5.75 Å². The average Bonchev–Trinajstić information content (AvgIpc) is 3.26. The van der Waals surface area contributed by atoms with Crippen LogP contribution in [-0.4, -0.2) is 79.9 Å². The highest BCUT2D eigenvalue weighted by molar-refractivity contribution is 5.97. The SMILES string of the molecule is Cc1ccc2c(c1)C(=O)NCCN(CC(=O)N1CCCC1)CCCC(=O)NCCO2. The van der Waals surface area contributed by atoms with Crippen LogP contribution in [0.1, 0.15) is 41.6 Å². The Hall–Kier alpha value is -2.61. The molecule has 0 radical (unpaired) electrons. The first-order valence-corrected chi connectivity index (χ1v) is 10.8. The molecule has 0 atom stereocenters. The van der Waals surface area contributed by atoms with Crippen molar-refractivity contribution in [2.75, 3.05) is 52.4 Å². The summed E-state index contributed by atoms with van der Waals surface area (Å²) in [5, 5.41) is 5.80. The van der Waals surface area contributed by atoms with E-state index in [0.717, 1.165) is 31.5 Å². The fourth-order valence-corrected chi connectivity index (χ4v) is 3.80. The highest BCUT2D eigenvalue weighted by Gasteiger charge is 2.21. The number of hydrogen-bond acceptors (Lipinski definition) is 5. The third-order valence-electron chi connectivity index (χ3n) is 5.47. The number of hydrogen-bond donors (Lipinski definition) is 2. The third-order valence-corrected chi connectivity index (χ3v) is 5.47. The Morgan fingerprint density at radius 3 is 2.63 bits per heavy atom. The van der Waals surface area contributed by atoms with Crippen molar-refractivity contribution in [1.82, 2.24) is 20.4 Å². The van der Waals surface area contributed by atoms with Crippen LogP contribution in [0.15, 0.2) is 18.2 Å². The minimum absolute atomic E-state index is 0.0300. The smallest absolute Gasteiger partial charge is 0.255 e. The quantitative estimate of drug-likeness (QED) is 0.749. The van der Waals surface area contributed by atoms with Crippen molar-refractivity contribution in [3.63, 3.8) is 0 Å². The number of fused-ring (bicyclic) bond motifs is 1. The lowest BCUT2D eigenvalue weighted by Gasteiger charge is -2.25. The van der Waals surface area contributed by atoms with Crippen LogP contribution in [0, 0.1) is 6.92 Å². The zero-order valence-corrected chi connectivity index (χ0v) is 17.7. The molecule has 8 nitrogen and oxygen atoms in total. The van der Waals surface area contributed by atoms with E-state index in [1.807, 2.05) is 22.8 Å². The molecule has 0 saturated carbocycles. The fraction of sp³-hybridized carbons (Fsp3) is 0.591. The molecule has 2 N–H and O–H groups in total. The zero-order valence-electron chi connectivity index (χ0n) is 17.7. The van der Waals surface area contributed by atoms with Gasteiger partial charge in [-0.25, -0.2) is 0 Å². The molecule has 0 bridgehead atoms. The zero-order chi connectivity index (χ0) is 21.3. The molecular formula is C22H32N4O4. The molecule has 0 aliphatic carbocycles. The van der Waals surface area contributed by atoms with Gasteiger partial charge in [-0.1, -0.05) is 11.6 Å². The van der Waals surface area contributed by atoms with Crippen molar-refractivity contribution in [3.05, 3.63) is 29.3 Å². The Balaban J connectivity index is 1.67. The summed E-state index contributed by atoms with van der Waals surface area (Å²) in [6.07, 6.45) is 3.18. The van der Waals surface area contributed by atoms with Gasteiger partial charge in [-0.3, -0.25) is 19.3 Å². The van der Waals surface area contributed by atoms with Crippen LogP contribution < -0.4 is 15.4 Å². The van der Waals surface area contributed by atoms with Crippen LogP contribution >= 0.6 is 0 Å². The molecule has 1 fully saturated rings. The van der Waals surface area contributed by atoms with Crippen LogP contribution in [-0.2, 0) is 9.59 Å². The summed E-state index contributed by atoms with van der Waals surface area (Å²) in [6.45, 7) is 6.17. The minimum Gasteiger partial charge on any atom is -0.491 e. The molecule has 0 aromatic heterocycles. The number of aryl methyl sites for hydroxylation is 1. The number of benzene rings is 1. The van der Waals surface area contributed by atoms with Gasteiger partial charge in [0.25, 0.3) is 5.91 Å². The Bertz CT molecular complexity index is 762. The first kappa shape index (κ1) is 22.1. The van der Waals surface area contributed by atoms with E-state index in [1.54, 1.807) is 12.1 Å². The number of nitrogens with one attached hydrogen (secondary N) is 2. The van der Waals surface area contributed by atoms with E-state index in [1.165, 1.54) is 0 Å². The van der Waals surface area contributed by atoms with E-state index in [2.05, 4.69) is 10.6 Å². The van der Waals surface area contributed by atoms with Gasteiger partial charge in [0, 0.05) is 32.6 Å². The Morgan fingerprint density at radius 2 is 1.83 bits per heavy atom. The molecule has 3 rings (SSSR count). The molecule has 8 heteroatoms. The Kier molecular flexibility index (Phi) is 8.07. The lowest BCUT2D eigenvalue weighted by atomic mass is 10.1. The molecule has 0 spiro atoms. The van der Waals surface area contributed by atoms with Crippen molar-refractivity contribution in [2.24, 2.45) is 0 Å². The van der Waals surface area contributed by atoms with Crippen LogP contribution in [0.3, 0.4) is 0 Å². The number of amides is 3. The summed E-state index contributed by atoms with van der Waals surface area (Å²) in [6, 6.07) is 5.48. The normalized spacial score (nSPS) is 19.7. The molecule has 2 aliphatic heterocycles. The predicted molar refractivity (Wildman–Crippen MR) is 114 cm³/mol. The molecule has 2 aliphatic rings. The summed E-state index contributed by atoms with van der Waals surface area (Å²) in [5.41, 5.74) is 1.45. The van der Waals surface area contributed by atoms with Gasteiger partial charge in [0.2, 0.25) is 11.8 Å². The molecule has 1 saturated heterocycles. The highest BCUT2D eigenvalue weighted by atomic mass is 16.5. The molecule has 30 heavy (non-hydrogen) atoms. The molecule has 1 aromatic carbocycles. The second-order valence-electron chi connectivity index (χ2n) is 7.92. The Morgan fingerprint density at radius 1 is 1.03 bits per heavy atom. The fourth-order valence-electron chi connectivity index (χ4n) is 3.80. The van der Waals surface area contributed by atoms with E-state index in [9.17, 15) is 14.4 Å². The summed E-state index contributed by atoms with van der Waals surface area (Å²) in [5.74, 6) is 0.398. The second-order valence-corrected chi connectivity index (χ2v) is 7.92. The minimum atomic E-state index is -0.196. The summed E-state index contributed by atoms with van der Waals surface area (Å²) in [4.78, 5) is 41.3. The van der Waals surface area contributed by atoms with Crippen molar-refractivity contribution in [3.8, 4) is 5.75 Å². The van der Waals surface area contributed by atoms with E-state index in [-0.39, 0.29) is 17.7 Å². The number of carbonyl (C=O) groups excluding carboxylic acids is 3. The van der Waals surface area contributed by atoms with Gasteiger partial charge < -0.3 is 20.3 Å². The number of rotatable bonds is 2. The maximum atomic E-state index is 12.7. The van der Waals surface area contributed by atoms with Crippen molar-refractivity contribution in [2.45, 2.75) is 32.6 Å². The van der Waals surface area contributed by atoms with Crippen molar-refractivity contribution in [1.29, 1.82) is 0 Å². The van der Waals surface area contributed by atoms with Gasteiger partial charge in [0.15, 0.2) is 0 Å². The monoisotopic (exact) mass is 416 g/mol. The number of carbonyl (C=O) groups is 3. The molecule has 1 aromatic rings. The van der Waals surface area contributed by atoms with E-state index >= 15 is 0 Å². The van der Waals surface area contributed by atoms with E-state index < -0.39 is 0 Å². The van der Waals surface area contributed by atoms with Gasteiger partial charge in [0.1, 0.15) is 12.4 Å². The lowest BCUT2D eigenvalue weighted by molar-refractivity contribution is -0.131. The van der Waals surface area contributed by atoms with Crippen molar-refractivity contribution < 1.29 is 19.1 Å². The summed E-state index contributed by atoms with van der Waals surface area (Å²) in [7, 11) is 0. The Labute approximate surface area is 177 Å². The maximum absolute atomic E-state index is 12.7. The predicted octanol–water partition coefficient (Wildman–Crippen LogP) is 0.938. The topological polar surface area (TPSA) is 91.0 Å². The molecule has 0 unspecified atom stereocenters. The standard InChI is InChI=1S/C22H32N4O4/c1-17-6-7-19-18(15-17)22(29)24-8-13-25(16-21(28)26-11-2-3-12-26)10-4-5-20(27)23-9-14-30-19/h6-7,15H,2-5,8-14,16H2,1H3,(H,23,27)(H,24,29).